The van der Waals surface area contributed by atoms with Crippen LogP contribution in [-0.4, -0.2) is 33.9 Å². The van der Waals surface area contributed by atoms with Gasteiger partial charge in [0.05, 0.1) is 17.0 Å². The molecule has 1 aromatic heterocycles. The van der Waals surface area contributed by atoms with E-state index in [4.69, 9.17) is 4.74 Å². The Morgan fingerprint density at radius 2 is 1.82 bits per heavy atom. The van der Waals surface area contributed by atoms with Crippen LogP contribution in [0.3, 0.4) is 0 Å². The number of rotatable bonds is 7. The molecular formula is C24H20F4N2O4. The van der Waals surface area contributed by atoms with Crippen molar-refractivity contribution in [1.29, 1.82) is 0 Å². The number of fused-ring (bicyclic) bond motifs is 1. The van der Waals surface area contributed by atoms with Gasteiger partial charge in [0.15, 0.2) is 5.78 Å². The number of ether oxygens (including phenoxy) is 1. The number of halogens is 4. The van der Waals surface area contributed by atoms with Crippen molar-refractivity contribution in [1.82, 2.24) is 10.3 Å². The number of hydrogen-bond acceptors (Lipinski definition) is 5. The van der Waals surface area contributed by atoms with Crippen LogP contribution in [0.5, 0.6) is 5.75 Å². The summed E-state index contributed by atoms with van der Waals surface area (Å²) in [5.41, 5.74) is -1.82. The first-order chi connectivity index (χ1) is 15.9. The molecule has 1 saturated heterocycles. The lowest BCUT2D eigenvalue weighted by Gasteiger charge is -2.18. The molecule has 2 aromatic carbocycles. The first kappa shape index (κ1) is 23.6. The highest BCUT2D eigenvalue weighted by molar-refractivity contribution is 6.09. The van der Waals surface area contributed by atoms with Crippen LogP contribution in [0.1, 0.15) is 35.5 Å². The lowest BCUT2D eigenvalue weighted by molar-refractivity contribution is -0.147. The minimum atomic E-state index is -4.58. The van der Waals surface area contributed by atoms with Crippen molar-refractivity contribution in [3.8, 4) is 5.75 Å². The van der Waals surface area contributed by atoms with Crippen LogP contribution in [0.25, 0.3) is 10.8 Å². The Balaban J connectivity index is 1.66. The predicted molar refractivity (Wildman–Crippen MR) is 114 cm³/mol. The molecule has 0 amide bonds. The number of nitrogens with zero attached hydrogens (tertiary/aromatic N) is 1. The molecule has 178 valence electrons. The van der Waals surface area contributed by atoms with Gasteiger partial charge in [-0.3, -0.25) is 19.9 Å². The van der Waals surface area contributed by atoms with Crippen molar-refractivity contribution in [2.45, 2.75) is 38.7 Å². The molecule has 1 aliphatic rings. The first-order valence-corrected chi connectivity index (χ1v) is 10.3. The maximum Gasteiger partial charge on any atom is 0.433 e. The number of carboxylic acid groups (broad SMARTS) is 1. The van der Waals surface area contributed by atoms with Crippen LogP contribution in [0.15, 0.2) is 48.7 Å². The summed E-state index contributed by atoms with van der Waals surface area (Å²) in [7, 11) is 0. The molecular weight excluding hydrogens is 456 g/mol. The predicted octanol–water partition coefficient (Wildman–Crippen LogP) is 4.61. The van der Waals surface area contributed by atoms with Crippen molar-refractivity contribution in [3.05, 3.63) is 71.3 Å². The third-order valence-electron chi connectivity index (χ3n) is 5.92. The van der Waals surface area contributed by atoms with E-state index in [1.165, 1.54) is 44.2 Å². The lowest BCUT2D eigenvalue weighted by atomic mass is 9.85. The number of carbonyl (C=O) groups is 2. The summed E-state index contributed by atoms with van der Waals surface area (Å²) < 4.78 is 58.5. The SMILES string of the molecule is CC(C)(C(=O)O)C1NC1C(=O)c1ccc2c(F)cccc2c1OCc1ccc(C(F)(F)F)nc1. The van der Waals surface area contributed by atoms with Gasteiger partial charge in [0.25, 0.3) is 0 Å². The van der Waals surface area contributed by atoms with Crippen LogP contribution >= 0.6 is 0 Å². The molecule has 0 radical (unpaired) electrons. The van der Waals surface area contributed by atoms with Gasteiger partial charge in [-0.05, 0) is 32.0 Å². The second-order valence-corrected chi connectivity index (χ2v) is 8.63. The molecule has 2 heterocycles. The van der Waals surface area contributed by atoms with Gasteiger partial charge in [-0.15, -0.1) is 0 Å². The summed E-state index contributed by atoms with van der Waals surface area (Å²) in [6, 6.07) is 7.75. The van der Waals surface area contributed by atoms with E-state index in [-0.39, 0.29) is 23.3 Å². The van der Waals surface area contributed by atoms with E-state index in [0.717, 1.165) is 12.3 Å². The molecule has 34 heavy (non-hydrogen) atoms. The molecule has 2 N–H and O–H groups in total. The standard InChI is InChI=1S/C24H20F4N2O4/c1-23(2,22(32)33)21-18(30-21)19(31)15-8-7-13-14(4-3-5-16(13)25)20(15)34-11-12-6-9-17(29-10-12)24(26,27)28/h3-10,18,21,30H,11H2,1-2H3,(H,32,33). The fourth-order valence-corrected chi connectivity index (χ4v) is 3.76. The summed E-state index contributed by atoms with van der Waals surface area (Å²) in [5, 5.41) is 12.8. The maximum absolute atomic E-state index is 14.4. The summed E-state index contributed by atoms with van der Waals surface area (Å²) in [4.78, 5) is 28.2. The van der Waals surface area contributed by atoms with Crippen LogP contribution in [0.4, 0.5) is 17.6 Å². The van der Waals surface area contributed by atoms with Crippen molar-refractivity contribution in [3.63, 3.8) is 0 Å². The third-order valence-corrected chi connectivity index (χ3v) is 5.92. The Morgan fingerprint density at radius 3 is 2.44 bits per heavy atom. The van der Waals surface area contributed by atoms with E-state index in [1.54, 1.807) is 6.07 Å². The number of aliphatic carboxylic acids is 1. The number of aromatic nitrogens is 1. The molecule has 10 heteroatoms. The van der Waals surface area contributed by atoms with Gasteiger partial charge < -0.3 is 9.84 Å². The van der Waals surface area contributed by atoms with E-state index in [1.807, 2.05) is 0 Å². The van der Waals surface area contributed by atoms with E-state index in [0.29, 0.717) is 10.9 Å². The fraction of sp³-hybridized carbons (Fsp3) is 0.292. The molecule has 0 aliphatic carbocycles. The number of alkyl halides is 3. The molecule has 1 aliphatic heterocycles. The highest BCUT2D eigenvalue weighted by Gasteiger charge is 2.55. The number of ketones is 1. The van der Waals surface area contributed by atoms with E-state index < -0.39 is 46.9 Å². The molecule has 3 aromatic rings. The number of pyridine rings is 1. The van der Waals surface area contributed by atoms with Gasteiger partial charge in [-0.2, -0.15) is 13.2 Å². The van der Waals surface area contributed by atoms with Crippen molar-refractivity contribution in [2.24, 2.45) is 5.41 Å². The zero-order valence-corrected chi connectivity index (χ0v) is 18.1. The zero-order chi connectivity index (χ0) is 24.8. The normalized spacial score (nSPS) is 18.1. The monoisotopic (exact) mass is 476 g/mol. The van der Waals surface area contributed by atoms with Crippen molar-refractivity contribution >= 4 is 22.5 Å². The topological polar surface area (TPSA) is 98.4 Å². The number of carbonyl (C=O) groups excluding carboxylic acids is 1. The highest BCUT2D eigenvalue weighted by Crippen LogP contribution is 2.38. The number of benzene rings is 2. The number of carboxylic acids is 1. The fourth-order valence-electron chi connectivity index (χ4n) is 3.76. The molecule has 0 spiro atoms. The van der Waals surface area contributed by atoms with Crippen LogP contribution in [0, 0.1) is 11.2 Å². The van der Waals surface area contributed by atoms with Gasteiger partial charge in [-0.25, -0.2) is 4.39 Å². The largest absolute Gasteiger partial charge is 0.487 e. The maximum atomic E-state index is 14.4. The van der Waals surface area contributed by atoms with E-state index in [9.17, 15) is 32.3 Å². The zero-order valence-electron chi connectivity index (χ0n) is 18.1. The van der Waals surface area contributed by atoms with Crippen molar-refractivity contribution in [2.75, 3.05) is 0 Å². The summed E-state index contributed by atoms with van der Waals surface area (Å²) in [6.07, 6.45) is -3.56. The molecule has 4 rings (SSSR count). The van der Waals surface area contributed by atoms with Crippen LogP contribution in [0.2, 0.25) is 0 Å². The minimum absolute atomic E-state index is 0.0579. The number of Topliss-reactive ketones (excluding diaryl/α,β-unsaturated/α-hetero) is 1. The minimum Gasteiger partial charge on any atom is -0.487 e. The second-order valence-electron chi connectivity index (χ2n) is 8.63. The summed E-state index contributed by atoms with van der Waals surface area (Å²) in [5.74, 6) is -1.97. The van der Waals surface area contributed by atoms with E-state index >= 15 is 0 Å². The Bertz CT molecular complexity index is 1270. The quantitative estimate of drug-likeness (QED) is 0.294. The molecule has 2 unspecified atom stereocenters. The molecule has 6 nitrogen and oxygen atoms in total. The van der Waals surface area contributed by atoms with Gasteiger partial charge in [0.2, 0.25) is 0 Å². The Labute approximate surface area is 191 Å². The number of nitrogens with one attached hydrogen (secondary N) is 1. The highest BCUT2D eigenvalue weighted by atomic mass is 19.4. The van der Waals surface area contributed by atoms with Crippen LogP contribution < -0.4 is 10.1 Å². The van der Waals surface area contributed by atoms with Crippen LogP contribution in [-0.2, 0) is 17.6 Å². The Hall–Kier alpha value is -3.53. The average Bonchev–Trinajstić information content (AvgIpc) is 3.58. The van der Waals surface area contributed by atoms with Gasteiger partial charge >= 0.3 is 12.1 Å². The molecule has 2 atom stereocenters. The lowest BCUT2D eigenvalue weighted by Crippen LogP contribution is -2.33. The summed E-state index contributed by atoms with van der Waals surface area (Å²) in [6.45, 7) is 2.79. The molecule has 0 bridgehead atoms. The average molecular weight is 476 g/mol. The third kappa shape index (κ3) is 4.33. The second kappa shape index (κ2) is 8.35. The first-order valence-electron chi connectivity index (χ1n) is 10.3. The number of hydrogen-bond donors (Lipinski definition) is 2. The van der Waals surface area contributed by atoms with Gasteiger partial charge in [-0.1, -0.05) is 24.3 Å². The Morgan fingerprint density at radius 1 is 1.09 bits per heavy atom. The summed E-state index contributed by atoms with van der Waals surface area (Å²) >= 11 is 0. The van der Waals surface area contributed by atoms with E-state index in [2.05, 4.69) is 10.3 Å². The molecule has 0 saturated carbocycles. The smallest absolute Gasteiger partial charge is 0.433 e. The van der Waals surface area contributed by atoms with Crippen molar-refractivity contribution < 1.29 is 37.0 Å². The molecule has 1 fully saturated rings. The Kier molecular flexibility index (Phi) is 5.80. The van der Waals surface area contributed by atoms with Gasteiger partial charge in [0.1, 0.15) is 23.9 Å². The van der Waals surface area contributed by atoms with Gasteiger partial charge in [0, 0.05) is 28.6 Å².